The molecular weight excluding hydrogens is 326 g/mol. The lowest BCUT2D eigenvalue weighted by Gasteiger charge is -2.22. The molecule has 0 bridgehead atoms. The Morgan fingerprint density at radius 2 is 0.926 bits per heavy atom. The van der Waals surface area contributed by atoms with E-state index < -0.39 is 0 Å². The Hall–Kier alpha value is -1.60. The van der Waals surface area contributed by atoms with Crippen LogP contribution in [0.3, 0.4) is 0 Å². The highest BCUT2D eigenvalue weighted by atomic mass is 15.1. The highest BCUT2D eigenvalue weighted by molar-refractivity contribution is 5.17. The van der Waals surface area contributed by atoms with E-state index in [2.05, 4.69) is 72.5 Å². The molecule has 0 aliphatic rings. The minimum absolute atomic E-state index is 1.05. The summed E-state index contributed by atoms with van der Waals surface area (Å²) in [4.78, 5) is 2.61. The van der Waals surface area contributed by atoms with E-state index in [0.717, 1.165) is 13.1 Å². The van der Waals surface area contributed by atoms with E-state index in [1.165, 1.54) is 81.9 Å². The van der Waals surface area contributed by atoms with E-state index in [9.17, 15) is 0 Å². The lowest BCUT2D eigenvalue weighted by Crippen LogP contribution is -2.24. The van der Waals surface area contributed by atoms with Crippen molar-refractivity contribution in [3.05, 3.63) is 71.8 Å². The van der Waals surface area contributed by atoms with Crippen LogP contribution < -0.4 is 0 Å². The number of benzene rings is 2. The third-order valence-corrected chi connectivity index (χ3v) is 5.33. The van der Waals surface area contributed by atoms with Gasteiger partial charge in [0.25, 0.3) is 0 Å². The van der Waals surface area contributed by atoms with Gasteiger partial charge in [0, 0.05) is 13.1 Å². The maximum Gasteiger partial charge on any atom is 0.0237 e. The van der Waals surface area contributed by atoms with Crippen LogP contribution in [-0.4, -0.2) is 11.4 Å². The van der Waals surface area contributed by atoms with Gasteiger partial charge in [-0.1, -0.05) is 125 Å². The third-order valence-electron chi connectivity index (χ3n) is 5.33. The van der Waals surface area contributed by atoms with Gasteiger partial charge < -0.3 is 0 Å². The molecule has 1 nitrogen and oxygen atoms in total. The Morgan fingerprint density at radius 1 is 0.519 bits per heavy atom. The smallest absolute Gasteiger partial charge is 0.0237 e. The first kappa shape index (κ1) is 21.7. The zero-order chi connectivity index (χ0) is 19.0. The molecule has 2 aromatic rings. The van der Waals surface area contributed by atoms with E-state index in [1.807, 2.05) is 0 Å². The van der Waals surface area contributed by atoms with Gasteiger partial charge >= 0.3 is 0 Å². The molecule has 0 atom stereocenters. The van der Waals surface area contributed by atoms with Crippen LogP contribution in [0.15, 0.2) is 60.7 Å². The molecule has 0 N–H and O–H groups in total. The van der Waals surface area contributed by atoms with Crippen LogP contribution in [-0.2, 0) is 13.1 Å². The fourth-order valence-corrected chi connectivity index (χ4v) is 3.72. The van der Waals surface area contributed by atoms with Crippen molar-refractivity contribution in [1.82, 2.24) is 4.90 Å². The Balaban J connectivity index is 1.66. The summed E-state index contributed by atoms with van der Waals surface area (Å²) in [6.07, 6.45) is 14.0. The van der Waals surface area contributed by atoms with Crippen LogP contribution in [0.25, 0.3) is 0 Å². The highest BCUT2D eigenvalue weighted by Gasteiger charge is 2.07. The Bertz CT molecular complexity index is 522. The van der Waals surface area contributed by atoms with Crippen molar-refractivity contribution in [2.24, 2.45) is 0 Å². The van der Waals surface area contributed by atoms with Crippen molar-refractivity contribution in [1.29, 1.82) is 0 Å². The van der Waals surface area contributed by atoms with Crippen LogP contribution in [0, 0.1) is 0 Å². The highest BCUT2D eigenvalue weighted by Crippen LogP contribution is 2.14. The average molecular weight is 366 g/mol. The summed E-state index contributed by atoms with van der Waals surface area (Å²) in [6, 6.07) is 21.8. The van der Waals surface area contributed by atoms with E-state index in [4.69, 9.17) is 0 Å². The molecule has 1 heteroatoms. The predicted molar refractivity (Wildman–Crippen MR) is 119 cm³/mol. The quantitative estimate of drug-likeness (QED) is 0.293. The molecule has 27 heavy (non-hydrogen) atoms. The fraction of sp³-hybridized carbons (Fsp3) is 0.538. The van der Waals surface area contributed by atoms with Crippen molar-refractivity contribution < 1.29 is 0 Å². The van der Waals surface area contributed by atoms with E-state index in [0.29, 0.717) is 0 Å². The second-order valence-corrected chi connectivity index (χ2v) is 7.86. The zero-order valence-corrected chi connectivity index (χ0v) is 17.4. The van der Waals surface area contributed by atoms with E-state index in [1.54, 1.807) is 0 Å². The van der Waals surface area contributed by atoms with Gasteiger partial charge in [0.1, 0.15) is 0 Å². The van der Waals surface area contributed by atoms with Crippen LogP contribution in [0.5, 0.6) is 0 Å². The molecule has 0 aromatic heterocycles. The molecule has 0 spiro atoms. The van der Waals surface area contributed by atoms with Gasteiger partial charge in [0.05, 0.1) is 0 Å². The number of hydrogen-bond donors (Lipinski definition) is 0. The first-order chi connectivity index (χ1) is 13.4. The summed E-state index contributed by atoms with van der Waals surface area (Å²) in [5, 5.41) is 0. The van der Waals surface area contributed by atoms with Gasteiger partial charge in [0.15, 0.2) is 0 Å². The summed E-state index contributed by atoms with van der Waals surface area (Å²) < 4.78 is 0. The molecular formula is C26H39N. The number of hydrogen-bond acceptors (Lipinski definition) is 1. The summed E-state index contributed by atoms with van der Waals surface area (Å²) in [7, 11) is 0. The minimum atomic E-state index is 1.05. The SMILES string of the molecule is CCCCCCCCCCCCN(Cc1ccccc1)Cc1ccccc1. The van der Waals surface area contributed by atoms with E-state index >= 15 is 0 Å². The third kappa shape index (κ3) is 10.3. The van der Waals surface area contributed by atoms with Crippen molar-refractivity contribution in [2.45, 2.75) is 84.2 Å². The zero-order valence-electron chi connectivity index (χ0n) is 17.4. The Kier molecular flexibility index (Phi) is 11.6. The maximum absolute atomic E-state index is 2.61. The van der Waals surface area contributed by atoms with Crippen LogP contribution in [0.4, 0.5) is 0 Å². The Labute approximate surface area is 167 Å². The molecule has 2 aromatic carbocycles. The van der Waals surface area contributed by atoms with Gasteiger partial charge in [0.2, 0.25) is 0 Å². The summed E-state index contributed by atoms with van der Waals surface area (Å²) in [6.45, 7) is 5.58. The lowest BCUT2D eigenvalue weighted by atomic mass is 10.1. The van der Waals surface area contributed by atoms with Crippen LogP contribution in [0.2, 0.25) is 0 Å². The molecule has 0 radical (unpaired) electrons. The van der Waals surface area contributed by atoms with Crippen molar-refractivity contribution in [3.8, 4) is 0 Å². The first-order valence-electron chi connectivity index (χ1n) is 11.2. The topological polar surface area (TPSA) is 3.24 Å². The molecule has 0 aliphatic heterocycles. The van der Waals surface area contributed by atoms with Crippen molar-refractivity contribution in [2.75, 3.05) is 6.54 Å². The first-order valence-corrected chi connectivity index (χ1v) is 11.2. The van der Waals surface area contributed by atoms with Crippen molar-refractivity contribution in [3.63, 3.8) is 0 Å². The van der Waals surface area contributed by atoms with Gasteiger partial charge in [-0.2, -0.15) is 0 Å². The second kappa shape index (κ2) is 14.5. The molecule has 0 saturated carbocycles. The minimum Gasteiger partial charge on any atom is -0.295 e. The van der Waals surface area contributed by atoms with Gasteiger partial charge in [-0.25, -0.2) is 0 Å². The van der Waals surface area contributed by atoms with Crippen LogP contribution >= 0.6 is 0 Å². The molecule has 2 rings (SSSR count). The monoisotopic (exact) mass is 365 g/mol. The molecule has 0 saturated heterocycles. The van der Waals surface area contributed by atoms with Gasteiger partial charge in [-0.15, -0.1) is 0 Å². The molecule has 148 valence electrons. The Morgan fingerprint density at radius 3 is 1.37 bits per heavy atom. The number of nitrogens with zero attached hydrogens (tertiary/aromatic N) is 1. The molecule has 0 amide bonds. The maximum atomic E-state index is 2.61. The second-order valence-electron chi connectivity index (χ2n) is 7.86. The molecule has 0 aliphatic carbocycles. The molecule has 0 heterocycles. The number of rotatable bonds is 15. The lowest BCUT2D eigenvalue weighted by molar-refractivity contribution is 0.250. The predicted octanol–water partition coefficient (Wildman–Crippen LogP) is 7.61. The fourth-order valence-electron chi connectivity index (χ4n) is 3.72. The summed E-state index contributed by atoms with van der Waals surface area (Å²) in [5.41, 5.74) is 2.83. The standard InChI is InChI=1S/C26H39N/c1-2-3-4-5-6-7-8-9-10-17-22-27(23-25-18-13-11-14-19-25)24-26-20-15-12-16-21-26/h11-16,18-21H,2-10,17,22-24H2,1H3. The summed E-state index contributed by atoms with van der Waals surface area (Å²) in [5.74, 6) is 0. The van der Waals surface area contributed by atoms with Crippen molar-refractivity contribution >= 4 is 0 Å². The normalized spacial score (nSPS) is 11.2. The molecule has 0 unspecified atom stereocenters. The van der Waals surface area contributed by atoms with E-state index in [-0.39, 0.29) is 0 Å². The number of unbranched alkanes of at least 4 members (excludes halogenated alkanes) is 9. The van der Waals surface area contributed by atoms with Gasteiger partial charge in [-0.3, -0.25) is 4.90 Å². The summed E-state index contributed by atoms with van der Waals surface area (Å²) >= 11 is 0. The largest absolute Gasteiger partial charge is 0.295 e. The van der Waals surface area contributed by atoms with Gasteiger partial charge in [-0.05, 0) is 24.1 Å². The molecule has 0 fully saturated rings. The van der Waals surface area contributed by atoms with Crippen LogP contribution in [0.1, 0.15) is 82.3 Å². The average Bonchev–Trinajstić information content (AvgIpc) is 2.71.